The molecule has 0 aliphatic carbocycles. The molecule has 1 aliphatic rings. The third-order valence-electron chi connectivity index (χ3n) is 3.81. The number of rotatable bonds is 5. The van der Waals surface area contributed by atoms with Gasteiger partial charge in [-0.2, -0.15) is 0 Å². The minimum absolute atomic E-state index is 0. The van der Waals surface area contributed by atoms with Gasteiger partial charge in [0.05, 0.1) is 6.61 Å². The summed E-state index contributed by atoms with van der Waals surface area (Å²) in [7, 11) is 3.79. The monoisotopic (exact) mass is 499 g/mol. The summed E-state index contributed by atoms with van der Waals surface area (Å²) in [5.74, 6) is 1.23. The number of hydrogen-bond donors (Lipinski definition) is 1. The summed E-state index contributed by atoms with van der Waals surface area (Å²) in [6, 6.07) is 5.02. The summed E-state index contributed by atoms with van der Waals surface area (Å²) in [6.07, 6.45) is 1.72. The van der Waals surface area contributed by atoms with Gasteiger partial charge in [-0.3, -0.25) is 4.99 Å². The fourth-order valence-corrected chi connectivity index (χ4v) is 3.04. The summed E-state index contributed by atoms with van der Waals surface area (Å²) < 4.78 is 20.0. The van der Waals surface area contributed by atoms with Crippen molar-refractivity contribution in [2.45, 2.75) is 12.8 Å². The molecule has 1 aliphatic heterocycles. The van der Waals surface area contributed by atoms with E-state index in [1.165, 1.54) is 6.07 Å². The van der Waals surface area contributed by atoms with E-state index in [2.05, 4.69) is 31.1 Å². The molecule has 7 heteroatoms. The van der Waals surface area contributed by atoms with Gasteiger partial charge in [0.1, 0.15) is 5.82 Å². The molecule has 1 aromatic rings. The SMILES string of the molecule is CN=C(NCCc1cc(Br)ccc1F)N(C)CC1CCOC1.I. The zero-order valence-corrected chi connectivity index (χ0v) is 17.4. The number of ether oxygens (including phenoxy) is 1. The van der Waals surface area contributed by atoms with Gasteiger partial charge < -0.3 is 15.0 Å². The van der Waals surface area contributed by atoms with Crippen molar-refractivity contribution in [3.8, 4) is 0 Å². The Morgan fingerprint density at radius 3 is 2.96 bits per heavy atom. The van der Waals surface area contributed by atoms with Gasteiger partial charge in [0, 0.05) is 44.2 Å². The first-order chi connectivity index (χ1) is 10.6. The molecule has 130 valence electrons. The van der Waals surface area contributed by atoms with Crippen LogP contribution in [-0.4, -0.2) is 51.3 Å². The third-order valence-corrected chi connectivity index (χ3v) is 4.31. The van der Waals surface area contributed by atoms with Gasteiger partial charge in [0.25, 0.3) is 0 Å². The van der Waals surface area contributed by atoms with Crippen LogP contribution in [0.15, 0.2) is 27.7 Å². The largest absolute Gasteiger partial charge is 0.381 e. The van der Waals surface area contributed by atoms with Crippen molar-refractivity contribution < 1.29 is 9.13 Å². The Morgan fingerprint density at radius 2 is 2.30 bits per heavy atom. The van der Waals surface area contributed by atoms with Crippen LogP contribution >= 0.6 is 39.9 Å². The summed E-state index contributed by atoms with van der Waals surface area (Å²) in [5.41, 5.74) is 0.698. The molecule has 1 saturated heterocycles. The molecule has 1 fully saturated rings. The van der Waals surface area contributed by atoms with E-state index in [0.29, 0.717) is 24.4 Å². The van der Waals surface area contributed by atoms with Crippen molar-refractivity contribution in [1.29, 1.82) is 0 Å². The number of hydrogen-bond acceptors (Lipinski definition) is 2. The number of nitrogens with zero attached hydrogens (tertiary/aromatic N) is 2. The normalized spacial score (nSPS) is 17.7. The molecule has 0 aromatic heterocycles. The summed E-state index contributed by atoms with van der Waals surface area (Å²) >= 11 is 3.37. The first-order valence-corrected chi connectivity index (χ1v) is 8.33. The minimum Gasteiger partial charge on any atom is -0.381 e. The van der Waals surface area contributed by atoms with Gasteiger partial charge in [-0.25, -0.2) is 4.39 Å². The first kappa shape index (κ1) is 20.6. The second kappa shape index (κ2) is 10.5. The Kier molecular flexibility index (Phi) is 9.38. The van der Waals surface area contributed by atoms with E-state index in [1.807, 2.05) is 13.1 Å². The summed E-state index contributed by atoms with van der Waals surface area (Å²) in [6.45, 7) is 3.24. The molecule has 1 N–H and O–H groups in total. The molecule has 0 amide bonds. The van der Waals surface area contributed by atoms with Crippen molar-refractivity contribution >= 4 is 45.9 Å². The maximum Gasteiger partial charge on any atom is 0.193 e. The number of benzene rings is 1. The summed E-state index contributed by atoms with van der Waals surface area (Å²) in [4.78, 5) is 6.40. The van der Waals surface area contributed by atoms with Gasteiger partial charge in [-0.15, -0.1) is 24.0 Å². The van der Waals surface area contributed by atoms with Crippen molar-refractivity contribution in [1.82, 2.24) is 10.2 Å². The van der Waals surface area contributed by atoms with Crippen LogP contribution in [0.5, 0.6) is 0 Å². The molecule has 0 bridgehead atoms. The molecule has 1 heterocycles. The molecular weight excluding hydrogens is 476 g/mol. The molecule has 1 unspecified atom stereocenters. The molecule has 1 atom stereocenters. The molecule has 0 radical (unpaired) electrons. The molecule has 4 nitrogen and oxygen atoms in total. The zero-order chi connectivity index (χ0) is 15.9. The lowest BCUT2D eigenvalue weighted by Gasteiger charge is -2.24. The fraction of sp³-hybridized carbons (Fsp3) is 0.562. The average Bonchev–Trinajstić information content (AvgIpc) is 2.99. The standard InChI is InChI=1S/C16H23BrFN3O.HI/c1-19-16(21(2)10-12-6-8-22-11-12)20-7-5-13-9-14(17)3-4-15(13)18;/h3-4,9,12H,5-8,10-11H2,1-2H3,(H,19,20);1H. The Labute approximate surface area is 163 Å². The van der Waals surface area contributed by atoms with E-state index in [4.69, 9.17) is 4.74 Å². The van der Waals surface area contributed by atoms with E-state index < -0.39 is 0 Å². The maximum atomic E-state index is 13.7. The number of guanidine groups is 1. The topological polar surface area (TPSA) is 36.9 Å². The highest BCUT2D eigenvalue weighted by molar-refractivity contribution is 14.0. The Bertz CT molecular complexity index is 524. The van der Waals surface area contributed by atoms with E-state index in [1.54, 1.807) is 13.1 Å². The highest BCUT2D eigenvalue weighted by atomic mass is 127. The quantitative estimate of drug-likeness (QED) is 0.383. The van der Waals surface area contributed by atoms with E-state index in [0.717, 1.165) is 36.6 Å². The highest BCUT2D eigenvalue weighted by Gasteiger charge is 2.18. The lowest BCUT2D eigenvalue weighted by Crippen LogP contribution is -2.42. The average molecular weight is 500 g/mol. The van der Waals surface area contributed by atoms with Crippen molar-refractivity contribution in [3.63, 3.8) is 0 Å². The van der Waals surface area contributed by atoms with E-state index in [-0.39, 0.29) is 29.8 Å². The highest BCUT2D eigenvalue weighted by Crippen LogP contribution is 2.16. The van der Waals surface area contributed by atoms with Crippen LogP contribution in [0.2, 0.25) is 0 Å². The lowest BCUT2D eigenvalue weighted by atomic mass is 10.1. The van der Waals surface area contributed by atoms with Gasteiger partial charge >= 0.3 is 0 Å². The van der Waals surface area contributed by atoms with Crippen LogP contribution in [0, 0.1) is 11.7 Å². The molecule has 0 spiro atoms. The predicted octanol–water partition coefficient (Wildman–Crippen LogP) is 3.29. The molecule has 2 rings (SSSR count). The second-order valence-electron chi connectivity index (χ2n) is 5.57. The number of nitrogens with one attached hydrogen (secondary N) is 1. The van der Waals surface area contributed by atoms with Gasteiger partial charge in [-0.05, 0) is 36.6 Å². The predicted molar refractivity (Wildman–Crippen MR) is 106 cm³/mol. The van der Waals surface area contributed by atoms with Crippen molar-refractivity contribution in [2.24, 2.45) is 10.9 Å². The van der Waals surface area contributed by atoms with Crippen LogP contribution in [0.4, 0.5) is 4.39 Å². The van der Waals surface area contributed by atoms with Crippen molar-refractivity contribution in [2.75, 3.05) is 40.4 Å². The van der Waals surface area contributed by atoms with Crippen LogP contribution in [0.25, 0.3) is 0 Å². The Balaban J connectivity index is 0.00000264. The number of halogens is 3. The maximum absolute atomic E-state index is 13.7. The number of aliphatic imine (C=N–C) groups is 1. The van der Waals surface area contributed by atoms with E-state index >= 15 is 0 Å². The van der Waals surface area contributed by atoms with Crippen LogP contribution in [0.1, 0.15) is 12.0 Å². The van der Waals surface area contributed by atoms with E-state index in [9.17, 15) is 4.39 Å². The van der Waals surface area contributed by atoms with Crippen LogP contribution in [-0.2, 0) is 11.2 Å². The van der Waals surface area contributed by atoms with Gasteiger partial charge in [0.2, 0.25) is 0 Å². The fourth-order valence-electron chi connectivity index (χ4n) is 2.63. The van der Waals surface area contributed by atoms with Gasteiger partial charge in [-0.1, -0.05) is 15.9 Å². The molecular formula is C16H24BrFIN3O. The van der Waals surface area contributed by atoms with Crippen molar-refractivity contribution in [3.05, 3.63) is 34.1 Å². The third kappa shape index (κ3) is 6.54. The Morgan fingerprint density at radius 1 is 1.52 bits per heavy atom. The van der Waals surface area contributed by atoms with Crippen LogP contribution < -0.4 is 5.32 Å². The van der Waals surface area contributed by atoms with Crippen LogP contribution in [0.3, 0.4) is 0 Å². The molecule has 1 aromatic carbocycles. The molecule has 0 saturated carbocycles. The molecule has 23 heavy (non-hydrogen) atoms. The second-order valence-corrected chi connectivity index (χ2v) is 6.49. The minimum atomic E-state index is -0.170. The lowest BCUT2D eigenvalue weighted by molar-refractivity contribution is 0.181. The first-order valence-electron chi connectivity index (χ1n) is 7.53. The summed E-state index contributed by atoms with van der Waals surface area (Å²) in [5, 5.41) is 3.29. The van der Waals surface area contributed by atoms with Gasteiger partial charge in [0.15, 0.2) is 5.96 Å². The smallest absolute Gasteiger partial charge is 0.193 e. The zero-order valence-electron chi connectivity index (χ0n) is 13.5. The Hall–Kier alpha value is -0.410.